The van der Waals surface area contributed by atoms with Crippen LogP contribution in [0.2, 0.25) is 0 Å². The molecule has 0 bridgehead atoms. The molecule has 2 N–H and O–H groups in total. The third-order valence-electron chi connectivity index (χ3n) is 3.61. The molecule has 0 spiro atoms. The number of esters is 1. The lowest BCUT2D eigenvalue weighted by Gasteiger charge is -2.16. The molecule has 0 atom stereocenters. The first-order chi connectivity index (χ1) is 12.3. The number of nitrogens with zero attached hydrogens (tertiary/aromatic N) is 4. The van der Waals surface area contributed by atoms with Gasteiger partial charge in [-0.1, -0.05) is 35.5 Å². The fraction of sp³-hybridized carbons (Fsp3) is 0.353. The quantitative estimate of drug-likeness (QED) is 0.668. The molecular formula is C17H20N6O3. The summed E-state index contributed by atoms with van der Waals surface area (Å²) < 4.78 is 6.50. The van der Waals surface area contributed by atoms with E-state index < -0.39 is 11.0 Å². The Balaban J connectivity index is 1.80. The van der Waals surface area contributed by atoms with Gasteiger partial charge in [0.1, 0.15) is 0 Å². The van der Waals surface area contributed by atoms with Gasteiger partial charge in [0.15, 0.2) is 17.9 Å². The fourth-order valence-electron chi connectivity index (χ4n) is 2.15. The molecule has 0 aliphatic heterocycles. The maximum Gasteiger partial charge on any atom is 0.313 e. The number of hydrogen-bond acceptors (Lipinski definition) is 7. The van der Waals surface area contributed by atoms with Crippen LogP contribution < -0.4 is 10.9 Å². The average molecular weight is 356 g/mol. The number of carbonyl (C=O) groups excluding carboxylic acids is 1. The van der Waals surface area contributed by atoms with Crippen molar-refractivity contribution in [2.75, 3.05) is 5.32 Å². The minimum atomic E-state index is -0.635. The molecule has 0 fully saturated rings. The van der Waals surface area contributed by atoms with Gasteiger partial charge in [-0.25, -0.2) is 0 Å². The van der Waals surface area contributed by atoms with Crippen LogP contribution in [0, 0.1) is 5.41 Å². The van der Waals surface area contributed by atoms with Crippen molar-refractivity contribution < 1.29 is 9.53 Å². The van der Waals surface area contributed by atoms with Crippen molar-refractivity contribution in [1.82, 2.24) is 25.0 Å². The highest BCUT2D eigenvalue weighted by Crippen LogP contribution is 2.16. The molecule has 9 heteroatoms. The predicted molar refractivity (Wildman–Crippen MR) is 95.3 cm³/mol. The van der Waals surface area contributed by atoms with E-state index >= 15 is 0 Å². The molecule has 0 saturated carbocycles. The minimum absolute atomic E-state index is 0.0852. The highest BCUT2D eigenvalue weighted by Gasteiger charge is 2.23. The van der Waals surface area contributed by atoms with Gasteiger partial charge in [0, 0.05) is 6.54 Å². The number of ether oxygens (including phenoxy) is 1. The van der Waals surface area contributed by atoms with Crippen LogP contribution in [0.1, 0.15) is 26.3 Å². The Kier molecular flexibility index (Phi) is 4.70. The predicted octanol–water partition coefficient (Wildman–Crippen LogP) is 1.67. The Morgan fingerprint density at radius 3 is 2.69 bits per heavy atom. The molecule has 3 aromatic rings. The SMILES string of the molecule is CC(C)(C)C(=O)OCn1nnc2c(=O)[nH]c(NCc3ccccc3)nc21. The maximum atomic E-state index is 12.2. The van der Waals surface area contributed by atoms with Crippen molar-refractivity contribution in [3.05, 3.63) is 46.2 Å². The van der Waals surface area contributed by atoms with E-state index in [0.29, 0.717) is 6.54 Å². The van der Waals surface area contributed by atoms with Crippen LogP contribution in [0.3, 0.4) is 0 Å². The van der Waals surface area contributed by atoms with Crippen LogP contribution in [0.15, 0.2) is 35.1 Å². The van der Waals surface area contributed by atoms with Gasteiger partial charge in [-0.05, 0) is 26.3 Å². The highest BCUT2D eigenvalue weighted by molar-refractivity contribution is 5.75. The number of aromatic amines is 1. The minimum Gasteiger partial charge on any atom is -0.442 e. The summed E-state index contributed by atoms with van der Waals surface area (Å²) in [5.74, 6) is -0.0922. The van der Waals surface area contributed by atoms with Gasteiger partial charge in [-0.3, -0.25) is 14.6 Å². The lowest BCUT2D eigenvalue weighted by atomic mass is 9.98. The summed E-state index contributed by atoms with van der Waals surface area (Å²) in [4.78, 5) is 31.0. The number of anilines is 1. The second kappa shape index (κ2) is 6.95. The largest absolute Gasteiger partial charge is 0.442 e. The number of H-pyrrole nitrogens is 1. The average Bonchev–Trinajstić information content (AvgIpc) is 3.01. The number of benzene rings is 1. The molecule has 3 rings (SSSR count). The van der Waals surface area contributed by atoms with E-state index in [2.05, 4.69) is 25.6 Å². The van der Waals surface area contributed by atoms with Crippen LogP contribution in [0.25, 0.3) is 11.2 Å². The van der Waals surface area contributed by atoms with Crippen molar-refractivity contribution in [2.45, 2.75) is 34.0 Å². The Hall–Kier alpha value is -3.23. The van der Waals surface area contributed by atoms with Crippen molar-refractivity contribution in [1.29, 1.82) is 0 Å². The number of rotatable bonds is 5. The third kappa shape index (κ3) is 3.88. The molecule has 0 unspecified atom stereocenters. The molecule has 0 aliphatic carbocycles. The van der Waals surface area contributed by atoms with Crippen LogP contribution in [-0.4, -0.2) is 30.9 Å². The van der Waals surface area contributed by atoms with Crippen LogP contribution in [-0.2, 0) is 22.8 Å². The number of hydrogen-bond donors (Lipinski definition) is 2. The molecule has 136 valence electrons. The van der Waals surface area contributed by atoms with Crippen molar-refractivity contribution in [3.8, 4) is 0 Å². The summed E-state index contributed by atoms with van der Waals surface area (Å²) in [6, 6.07) is 9.71. The van der Waals surface area contributed by atoms with E-state index in [1.807, 2.05) is 30.3 Å². The molecule has 26 heavy (non-hydrogen) atoms. The van der Waals surface area contributed by atoms with E-state index in [9.17, 15) is 9.59 Å². The first-order valence-corrected chi connectivity index (χ1v) is 8.13. The standard InChI is InChI=1S/C17H20N6O3/c1-17(2,3)15(25)26-10-23-13-12(21-22-23)14(24)20-16(19-13)18-9-11-7-5-4-6-8-11/h4-8H,9-10H2,1-3H3,(H2,18,19,20,24). The van der Waals surface area contributed by atoms with Gasteiger partial charge in [-0.2, -0.15) is 9.67 Å². The Morgan fingerprint density at radius 2 is 2.00 bits per heavy atom. The topological polar surface area (TPSA) is 115 Å². The first-order valence-electron chi connectivity index (χ1n) is 8.13. The molecule has 0 saturated heterocycles. The second-order valence-electron chi connectivity index (χ2n) is 6.83. The molecule has 0 aliphatic rings. The van der Waals surface area contributed by atoms with E-state index in [1.165, 1.54) is 4.68 Å². The summed E-state index contributed by atoms with van der Waals surface area (Å²) in [5, 5.41) is 10.7. The second-order valence-corrected chi connectivity index (χ2v) is 6.83. The molecule has 2 heterocycles. The van der Waals surface area contributed by atoms with Gasteiger partial charge in [0.05, 0.1) is 5.41 Å². The van der Waals surface area contributed by atoms with E-state index in [1.54, 1.807) is 20.8 Å². The van der Waals surface area contributed by atoms with E-state index in [-0.39, 0.29) is 29.8 Å². The lowest BCUT2D eigenvalue weighted by molar-refractivity contribution is -0.157. The summed E-state index contributed by atoms with van der Waals surface area (Å²) in [5.41, 5.74) is 0.317. The zero-order chi connectivity index (χ0) is 18.7. The summed E-state index contributed by atoms with van der Waals surface area (Å²) >= 11 is 0. The summed E-state index contributed by atoms with van der Waals surface area (Å²) in [6.07, 6.45) is 0. The number of aromatic nitrogens is 5. The van der Waals surface area contributed by atoms with Crippen LogP contribution in [0.5, 0.6) is 0 Å². The zero-order valence-corrected chi connectivity index (χ0v) is 14.8. The Morgan fingerprint density at radius 1 is 1.27 bits per heavy atom. The normalized spacial score (nSPS) is 11.5. The van der Waals surface area contributed by atoms with Crippen molar-refractivity contribution >= 4 is 23.1 Å². The lowest BCUT2D eigenvalue weighted by Crippen LogP contribution is -2.24. The molecular weight excluding hydrogens is 336 g/mol. The number of fused-ring (bicyclic) bond motifs is 1. The molecule has 0 radical (unpaired) electrons. The first kappa shape index (κ1) is 17.6. The van der Waals surface area contributed by atoms with E-state index in [0.717, 1.165) is 5.56 Å². The third-order valence-corrected chi connectivity index (χ3v) is 3.61. The van der Waals surface area contributed by atoms with Gasteiger partial charge in [0.2, 0.25) is 5.95 Å². The number of carbonyl (C=O) groups is 1. The van der Waals surface area contributed by atoms with Gasteiger partial charge >= 0.3 is 5.97 Å². The highest BCUT2D eigenvalue weighted by atomic mass is 16.5. The van der Waals surface area contributed by atoms with Gasteiger partial charge < -0.3 is 10.1 Å². The monoisotopic (exact) mass is 356 g/mol. The van der Waals surface area contributed by atoms with E-state index in [4.69, 9.17) is 4.74 Å². The molecule has 2 aromatic heterocycles. The number of nitrogens with one attached hydrogen (secondary N) is 2. The van der Waals surface area contributed by atoms with Crippen molar-refractivity contribution in [3.63, 3.8) is 0 Å². The van der Waals surface area contributed by atoms with Crippen LogP contribution in [0.4, 0.5) is 5.95 Å². The zero-order valence-electron chi connectivity index (χ0n) is 14.8. The van der Waals surface area contributed by atoms with Crippen LogP contribution >= 0.6 is 0 Å². The maximum absolute atomic E-state index is 12.2. The van der Waals surface area contributed by atoms with Crippen molar-refractivity contribution in [2.24, 2.45) is 5.41 Å². The molecule has 1 aromatic carbocycles. The Bertz CT molecular complexity index is 972. The van der Waals surface area contributed by atoms with Gasteiger partial charge in [-0.15, -0.1) is 5.10 Å². The Labute approximate surface area is 149 Å². The smallest absolute Gasteiger partial charge is 0.313 e. The summed E-state index contributed by atoms with van der Waals surface area (Å²) in [6.45, 7) is 5.59. The fourth-order valence-corrected chi connectivity index (χ4v) is 2.15. The van der Waals surface area contributed by atoms with Gasteiger partial charge in [0.25, 0.3) is 5.56 Å². The molecule has 9 nitrogen and oxygen atoms in total. The summed E-state index contributed by atoms with van der Waals surface area (Å²) in [7, 11) is 0. The molecule has 0 amide bonds.